The predicted octanol–water partition coefficient (Wildman–Crippen LogP) is 3.58. The van der Waals surface area contributed by atoms with Crippen LogP contribution in [0.4, 0.5) is 0 Å². The smallest absolute Gasteiger partial charge is 0.273 e. The SMILES string of the molecule is CC(C)Oc1ccc(-c2nc(C(=O)N3CCCC(N)C3)cs2)cc1.Cl. The van der Waals surface area contributed by atoms with Gasteiger partial charge in [0.2, 0.25) is 0 Å². The molecule has 25 heavy (non-hydrogen) atoms. The Labute approximate surface area is 158 Å². The number of piperidine rings is 1. The third-order valence-corrected chi connectivity index (χ3v) is 4.83. The van der Waals surface area contributed by atoms with Crippen LogP contribution in [0.1, 0.15) is 37.2 Å². The van der Waals surface area contributed by atoms with Gasteiger partial charge < -0.3 is 15.4 Å². The van der Waals surface area contributed by atoms with E-state index in [1.807, 2.05) is 48.4 Å². The monoisotopic (exact) mass is 381 g/mol. The van der Waals surface area contributed by atoms with Gasteiger partial charge in [-0.25, -0.2) is 4.98 Å². The average molecular weight is 382 g/mol. The molecule has 1 aliphatic rings. The van der Waals surface area contributed by atoms with Crippen molar-refractivity contribution >= 4 is 29.7 Å². The van der Waals surface area contributed by atoms with Gasteiger partial charge >= 0.3 is 0 Å². The summed E-state index contributed by atoms with van der Waals surface area (Å²) in [4.78, 5) is 18.9. The van der Waals surface area contributed by atoms with Crippen molar-refractivity contribution in [1.82, 2.24) is 9.88 Å². The van der Waals surface area contributed by atoms with E-state index in [0.29, 0.717) is 12.2 Å². The molecule has 7 heteroatoms. The van der Waals surface area contributed by atoms with Gasteiger partial charge in [-0.3, -0.25) is 4.79 Å². The van der Waals surface area contributed by atoms with E-state index in [1.165, 1.54) is 11.3 Å². The van der Waals surface area contributed by atoms with Crippen molar-refractivity contribution in [2.45, 2.75) is 38.8 Å². The Morgan fingerprint density at radius 3 is 2.72 bits per heavy atom. The molecule has 0 bridgehead atoms. The summed E-state index contributed by atoms with van der Waals surface area (Å²) in [7, 11) is 0. The fourth-order valence-electron chi connectivity index (χ4n) is 2.81. The summed E-state index contributed by atoms with van der Waals surface area (Å²) in [6, 6.07) is 7.89. The van der Waals surface area contributed by atoms with Crippen LogP contribution in [0.15, 0.2) is 29.6 Å². The standard InChI is InChI=1S/C18H23N3O2S.ClH/c1-12(2)23-15-7-5-13(6-8-15)17-20-16(11-24-17)18(22)21-9-3-4-14(19)10-21;/h5-8,11-12,14H,3-4,9-10,19H2,1-2H3;1H. The molecule has 1 aromatic heterocycles. The minimum absolute atomic E-state index is 0. The van der Waals surface area contributed by atoms with Crippen molar-refractivity contribution in [3.8, 4) is 16.3 Å². The molecule has 1 saturated heterocycles. The van der Waals surface area contributed by atoms with Crippen molar-refractivity contribution in [1.29, 1.82) is 0 Å². The van der Waals surface area contributed by atoms with Crippen LogP contribution < -0.4 is 10.5 Å². The molecule has 1 atom stereocenters. The Morgan fingerprint density at radius 1 is 1.36 bits per heavy atom. The number of ether oxygens (including phenoxy) is 1. The topological polar surface area (TPSA) is 68.5 Å². The highest BCUT2D eigenvalue weighted by atomic mass is 35.5. The first-order valence-corrected chi connectivity index (χ1v) is 9.18. The number of hydrogen-bond acceptors (Lipinski definition) is 5. The molecule has 1 aromatic carbocycles. The average Bonchev–Trinajstić information content (AvgIpc) is 3.04. The second-order valence-corrected chi connectivity index (χ2v) is 7.24. The minimum Gasteiger partial charge on any atom is -0.491 e. The zero-order chi connectivity index (χ0) is 17.1. The van der Waals surface area contributed by atoms with Gasteiger partial charge in [-0.05, 0) is 51.0 Å². The highest BCUT2D eigenvalue weighted by Gasteiger charge is 2.24. The first-order chi connectivity index (χ1) is 11.5. The highest BCUT2D eigenvalue weighted by Crippen LogP contribution is 2.27. The molecule has 2 heterocycles. The maximum atomic E-state index is 12.6. The van der Waals surface area contributed by atoms with Gasteiger partial charge in [0.05, 0.1) is 6.10 Å². The Bertz CT molecular complexity index is 703. The lowest BCUT2D eigenvalue weighted by Crippen LogP contribution is -2.45. The molecule has 1 unspecified atom stereocenters. The van der Waals surface area contributed by atoms with Crippen LogP contribution in [0, 0.1) is 0 Å². The fourth-order valence-corrected chi connectivity index (χ4v) is 3.61. The maximum absolute atomic E-state index is 12.6. The first-order valence-electron chi connectivity index (χ1n) is 8.30. The molecule has 0 spiro atoms. The molecule has 1 aliphatic heterocycles. The van der Waals surface area contributed by atoms with Gasteiger partial charge in [-0.15, -0.1) is 23.7 Å². The molecule has 0 saturated carbocycles. The summed E-state index contributed by atoms with van der Waals surface area (Å²) in [5.74, 6) is 0.816. The number of thiazole rings is 1. The molecule has 3 rings (SSSR count). The number of carbonyl (C=O) groups excluding carboxylic acids is 1. The number of nitrogens with zero attached hydrogens (tertiary/aromatic N) is 2. The Kier molecular flexibility index (Phi) is 6.81. The van der Waals surface area contributed by atoms with Gasteiger partial charge in [0, 0.05) is 30.1 Å². The summed E-state index contributed by atoms with van der Waals surface area (Å²) < 4.78 is 5.65. The van der Waals surface area contributed by atoms with E-state index in [9.17, 15) is 4.79 Å². The van der Waals surface area contributed by atoms with Crippen molar-refractivity contribution in [3.63, 3.8) is 0 Å². The van der Waals surface area contributed by atoms with E-state index in [0.717, 1.165) is 35.7 Å². The number of carbonyl (C=O) groups is 1. The summed E-state index contributed by atoms with van der Waals surface area (Å²) in [5.41, 5.74) is 7.46. The number of benzene rings is 1. The lowest BCUT2D eigenvalue weighted by molar-refractivity contribution is 0.0704. The van der Waals surface area contributed by atoms with Crippen molar-refractivity contribution in [2.24, 2.45) is 5.73 Å². The summed E-state index contributed by atoms with van der Waals surface area (Å²) in [6.07, 6.45) is 2.09. The van der Waals surface area contributed by atoms with Crippen LogP contribution in [-0.2, 0) is 0 Å². The number of likely N-dealkylation sites (tertiary alicyclic amines) is 1. The molecule has 0 radical (unpaired) electrons. The molecule has 0 aliphatic carbocycles. The van der Waals surface area contributed by atoms with Gasteiger partial charge in [0.25, 0.3) is 5.91 Å². The van der Waals surface area contributed by atoms with E-state index in [-0.39, 0.29) is 30.5 Å². The number of aromatic nitrogens is 1. The fraction of sp³-hybridized carbons (Fsp3) is 0.444. The number of nitrogens with two attached hydrogens (primary N) is 1. The van der Waals surface area contributed by atoms with Gasteiger partial charge in [0.1, 0.15) is 16.5 Å². The molecular weight excluding hydrogens is 358 g/mol. The van der Waals surface area contributed by atoms with E-state index in [2.05, 4.69) is 4.98 Å². The Hall–Kier alpha value is -1.63. The van der Waals surface area contributed by atoms with Gasteiger partial charge in [-0.2, -0.15) is 0 Å². The second-order valence-electron chi connectivity index (χ2n) is 6.38. The lowest BCUT2D eigenvalue weighted by atomic mass is 10.1. The Balaban J connectivity index is 0.00000225. The highest BCUT2D eigenvalue weighted by molar-refractivity contribution is 7.13. The zero-order valence-corrected chi connectivity index (χ0v) is 16.1. The zero-order valence-electron chi connectivity index (χ0n) is 14.5. The molecule has 136 valence electrons. The molecule has 2 aromatic rings. The minimum atomic E-state index is -0.0209. The molecule has 1 amide bonds. The molecular formula is C18H24ClN3O2S. The third kappa shape index (κ3) is 4.93. The summed E-state index contributed by atoms with van der Waals surface area (Å²) >= 11 is 1.48. The van der Waals surface area contributed by atoms with Crippen LogP contribution in [0.3, 0.4) is 0 Å². The van der Waals surface area contributed by atoms with Crippen LogP contribution in [0.5, 0.6) is 5.75 Å². The molecule has 2 N–H and O–H groups in total. The van der Waals surface area contributed by atoms with E-state index in [1.54, 1.807) is 0 Å². The van der Waals surface area contributed by atoms with E-state index in [4.69, 9.17) is 10.5 Å². The van der Waals surface area contributed by atoms with Crippen LogP contribution in [0.2, 0.25) is 0 Å². The number of hydrogen-bond donors (Lipinski definition) is 1. The normalized spacial score (nSPS) is 17.3. The van der Waals surface area contributed by atoms with E-state index >= 15 is 0 Å². The van der Waals surface area contributed by atoms with Crippen LogP contribution in [-0.4, -0.2) is 41.0 Å². The van der Waals surface area contributed by atoms with Crippen molar-refractivity contribution in [3.05, 3.63) is 35.3 Å². The quantitative estimate of drug-likeness (QED) is 0.878. The number of rotatable bonds is 4. The van der Waals surface area contributed by atoms with Crippen LogP contribution in [0.25, 0.3) is 10.6 Å². The van der Waals surface area contributed by atoms with Crippen LogP contribution >= 0.6 is 23.7 Å². The molecule has 5 nitrogen and oxygen atoms in total. The Morgan fingerprint density at radius 2 is 2.08 bits per heavy atom. The lowest BCUT2D eigenvalue weighted by Gasteiger charge is -2.30. The van der Waals surface area contributed by atoms with E-state index < -0.39 is 0 Å². The first kappa shape index (κ1) is 19.7. The van der Waals surface area contributed by atoms with Gasteiger partial charge in [-0.1, -0.05) is 0 Å². The predicted molar refractivity (Wildman–Crippen MR) is 104 cm³/mol. The van der Waals surface area contributed by atoms with Crippen molar-refractivity contribution < 1.29 is 9.53 Å². The third-order valence-electron chi connectivity index (χ3n) is 3.94. The summed E-state index contributed by atoms with van der Waals surface area (Å²) in [6.45, 7) is 5.38. The van der Waals surface area contributed by atoms with Gasteiger partial charge in [0.15, 0.2) is 0 Å². The van der Waals surface area contributed by atoms with Crippen molar-refractivity contribution in [2.75, 3.05) is 13.1 Å². The molecule has 1 fully saturated rings. The largest absolute Gasteiger partial charge is 0.491 e. The summed E-state index contributed by atoms with van der Waals surface area (Å²) in [5, 5.41) is 2.67. The maximum Gasteiger partial charge on any atom is 0.273 e. The number of halogens is 1. The second kappa shape index (κ2) is 8.65. The number of amides is 1.